The van der Waals surface area contributed by atoms with E-state index in [1.807, 2.05) is 42.5 Å². The summed E-state index contributed by atoms with van der Waals surface area (Å²) in [6.07, 6.45) is 7.56. The van der Waals surface area contributed by atoms with Gasteiger partial charge in [-0.2, -0.15) is 9.97 Å². The lowest BCUT2D eigenvalue weighted by molar-refractivity contribution is 0.158. The molecule has 8 heterocycles. The number of piperidine rings is 2. The molecule has 4 aromatic heterocycles. The molecule has 0 aliphatic carbocycles. The van der Waals surface area contributed by atoms with Crippen molar-refractivity contribution in [1.82, 2.24) is 29.9 Å². The van der Waals surface area contributed by atoms with Gasteiger partial charge in [0.2, 0.25) is 23.7 Å². The monoisotopic (exact) mass is 860 g/mol. The first-order valence-corrected chi connectivity index (χ1v) is 21.4. The fourth-order valence-electron chi connectivity index (χ4n) is 7.95. The minimum Gasteiger partial charge on any atom is -0.470 e. The summed E-state index contributed by atoms with van der Waals surface area (Å²) in [5.74, 6) is 5.35. The molecule has 0 atom stereocenters. The highest BCUT2D eigenvalue weighted by molar-refractivity contribution is 9.10. The highest BCUT2D eigenvalue weighted by atomic mass is 79.9. The van der Waals surface area contributed by atoms with E-state index in [9.17, 15) is 10.2 Å². The molecule has 0 bridgehead atoms. The summed E-state index contributed by atoms with van der Waals surface area (Å²) >= 11 is 3.52. The smallest absolute Gasteiger partial charge is 0.233 e. The first kappa shape index (κ1) is 39.1. The predicted molar refractivity (Wildman–Crippen MR) is 233 cm³/mol. The molecule has 0 unspecified atom stereocenters. The summed E-state index contributed by atoms with van der Waals surface area (Å²) in [5, 5.41) is 20.9. The Labute approximate surface area is 352 Å². The van der Waals surface area contributed by atoms with E-state index in [4.69, 9.17) is 19.4 Å². The van der Waals surface area contributed by atoms with Crippen molar-refractivity contribution in [1.29, 1.82) is 0 Å². The second-order valence-corrected chi connectivity index (χ2v) is 16.6. The van der Waals surface area contributed by atoms with Crippen LogP contribution in [0.4, 0.5) is 23.5 Å². The van der Waals surface area contributed by atoms with E-state index in [2.05, 4.69) is 91.9 Å². The molecule has 0 spiro atoms. The average Bonchev–Trinajstić information content (AvgIpc) is 3.26. The third kappa shape index (κ3) is 9.12. The van der Waals surface area contributed by atoms with Gasteiger partial charge in [0.1, 0.15) is 23.8 Å². The van der Waals surface area contributed by atoms with Crippen LogP contribution in [0.1, 0.15) is 25.7 Å². The van der Waals surface area contributed by atoms with Gasteiger partial charge in [-0.05, 0) is 89.8 Å². The van der Waals surface area contributed by atoms with Crippen LogP contribution in [-0.2, 0) is 0 Å². The molecular weight excluding hydrogens is 812 g/mol. The van der Waals surface area contributed by atoms with Crippen molar-refractivity contribution in [3.8, 4) is 11.8 Å². The molecule has 4 aliphatic rings. The van der Waals surface area contributed by atoms with E-state index in [-0.39, 0.29) is 25.4 Å². The number of fused-ring (bicyclic) bond motifs is 2. The van der Waals surface area contributed by atoms with Crippen LogP contribution >= 0.6 is 15.9 Å². The molecule has 10 rings (SSSR count). The Bertz CT molecular complexity index is 2350. The van der Waals surface area contributed by atoms with Gasteiger partial charge in [0, 0.05) is 62.4 Å². The maximum Gasteiger partial charge on any atom is 0.233 e. The Morgan fingerprint density at radius 1 is 0.559 bits per heavy atom. The number of rotatable bonds is 10. The van der Waals surface area contributed by atoms with Gasteiger partial charge in [0.25, 0.3) is 0 Å². The van der Waals surface area contributed by atoms with Crippen LogP contribution in [-0.4, -0.2) is 118 Å². The van der Waals surface area contributed by atoms with Gasteiger partial charge in [0.15, 0.2) is 0 Å². The number of para-hydroxylation sites is 2. The van der Waals surface area contributed by atoms with Crippen LogP contribution in [0.3, 0.4) is 0 Å². The number of aliphatic hydroxyl groups excluding tert-OH is 2. The lowest BCUT2D eigenvalue weighted by Gasteiger charge is -2.39. The second kappa shape index (κ2) is 17.9. The van der Waals surface area contributed by atoms with Gasteiger partial charge in [0.05, 0.1) is 47.9 Å². The average molecular weight is 862 g/mol. The minimum atomic E-state index is 0.0671. The van der Waals surface area contributed by atoms with Gasteiger partial charge in [-0.25, -0.2) is 19.9 Å². The van der Waals surface area contributed by atoms with Crippen molar-refractivity contribution in [3.05, 3.63) is 95.7 Å². The molecule has 4 aliphatic heterocycles. The van der Waals surface area contributed by atoms with Crippen molar-refractivity contribution in [2.24, 2.45) is 11.8 Å². The van der Waals surface area contributed by atoms with E-state index in [1.54, 1.807) is 12.4 Å². The highest BCUT2D eigenvalue weighted by Gasteiger charge is 2.32. The van der Waals surface area contributed by atoms with Gasteiger partial charge < -0.3 is 39.3 Å². The van der Waals surface area contributed by atoms with E-state index < -0.39 is 0 Å². The van der Waals surface area contributed by atoms with E-state index in [0.29, 0.717) is 35.5 Å². The molecule has 6 aromatic rings. The SMILES string of the molecule is OCC1CCN(c2ncc(Br)c(OC3CN(c4ccc5ccccc5n4)C3)n2)CC1.OCC1CCN(c2nccc(OC3CN(c4ccc5ccccc5n4)C3)n2)CC1. The van der Waals surface area contributed by atoms with Crippen LogP contribution in [0.15, 0.2) is 95.7 Å². The summed E-state index contributed by atoms with van der Waals surface area (Å²) < 4.78 is 13.0. The normalized spacial score (nSPS) is 18.0. The van der Waals surface area contributed by atoms with E-state index in [1.165, 1.54) is 0 Å². The molecule has 0 saturated carbocycles. The van der Waals surface area contributed by atoms with Gasteiger partial charge in [-0.1, -0.05) is 36.4 Å². The summed E-state index contributed by atoms with van der Waals surface area (Å²) in [5.41, 5.74) is 2.02. The van der Waals surface area contributed by atoms with E-state index in [0.717, 1.165) is 116 Å². The molecule has 4 fully saturated rings. The van der Waals surface area contributed by atoms with E-state index >= 15 is 0 Å². The number of pyridine rings is 2. The van der Waals surface area contributed by atoms with Crippen molar-refractivity contribution >= 4 is 61.3 Å². The number of ether oxygens (including phenoxy) is 2. The lowest BCUT2D eigenvalue weighted by atomic mass is 9.98. The molecule has 15 heteroatoms. The number of anilines is 4. The first-order valence-electron chi connectivity index (χ1n) is 20.6. The Morgan fingerprint density at radius 2 is 1.07 bits per heavy atom. The van der Waals surface area contributed by atoms with Gasteiger partial charge >= 0.3 is 0 Å². The van der Waals surface area contributed by atoms with Crippen LogP contribution < -0.4 is 29.1 Å². The van der Waals surface area contributed by atoms with Crippen LogP contribution in [0.25, 0.3) is 21.8 Å². The lowest BCUT2D eigenvalue weighted by Crippen LogP contribution is -2.54. The number of nitrogens with zero attached hydrogens (tertiary/aromatic N) is 10. The number of halogens is 1. The molecule has 0 radical (unpaired) electrons. The first-order chi connectivity index (χ1) is 29.0. The fourth-order valence-corrected chi connectivity index (χ4v) is 8.23. The summed E-state index contributed by atoms with van der Waals surface area (Å²) in [4.78, 5) is 36.4. The largest absolute Gasteiger partial charge is 0.470 e. The summed E-state index contributed by atoms with van der Waals surface area (Å²) in [7, 11) is 0. The molecule has 0 amide bonds. The fraction of sp³-hybridized carbons (Fsp3) is 0.409. The molecule has 59 heavy (non-hydrogen) atoms. The molecule has 14 nitrogen and oxygen atoms in total. The topological polar surface area (TPSA) is 149 Å². The molecule has 306 valence electrons. The van der Waals surface area contributed by atoms with Crippen LogP contribution in [0.2, 0.25) is 0 Å². The highest BCUT2D eigenvalue weighted by Crippen LogP contribution is 2.31. The van der Waals surface area contributed by atoms with Crippen molar-refractivity contribution in [3.63, 3.8) is 0 Å². The second-order valence-electron chi connectivity index (χ2n) is 15.8. The Kier molecular flexibility index (Phi) is 11.8. The zero-order valence-corrected chi connectivity index (χ0v) is 34.5. The summed E-state index contributed by atoms with van der Waals surface area (Å²) in [6, 6.07) is 26.5. The third-order valence-corrected chi connectivity index (χ3v) is 12.2. The van der Waals surface area contributed by atoms with Crippen molar-refractivity contribution in [2.45, 2.75) is 37.9 Å². The van der Waals surface area contributed by atoms with Crippen LogP contribution in [0.5, 0.6) is 11.8 Å². The van der Waals surface area contributed by atoms with Crippen molar-refractivity contribution in [2.75, 3.05) is 85.2 Å². The zero-order valence-electron chi connectivity index (χ0n) is 32.9. The minimum absolute atomic E-state index is 0.0671. The molecule has 2 N–H and O–H groups in total. The quantitative estimate of drug-likeness (QED) is 0.172. The Morgan fingerprint density at radius 3 is 1.61 bits per heavy atom. The van der Waals surface area contributed by atoms with Crippen molar-refractivity contribution < 1.29 is 19.7 Å². The van der Waals surface area contributed by atoms with Crippen LogP contribution in [0, 0.1) is 11.8 Å². The molecule has 2 aromatic carbocycles. The number of aliphatic hydroxyl groups is 2. The maximum atomic E-state index is 9.33. The number of hydrogen-bond donors (Lipinski definition) is 2. The Hall–Kier alpha value is -5.38. The predicted octanol–water partition coefficient (Wildman–Crippen LogP) is 5.76. The maximum absolute atomic E-state index is 9.33. The van der Waals surface area contributed by atoms with Gasteiger partial charge in [-0.3, -0.25) is 0 Å². The summed E-state index contributed by atoms with van der Waals surface area (Å²) in [6.45, 7) is 7.14. The number of hydrogen-bond acceptors (Lipinski definition) is 14. The zero-order chi connectivity index (χ0) is 40.1. The molecular formula is C44H49BrN10O4. The standard InChI is InChI=1S/C22H24BrN5O2.C22H25N5O2/c23-18-11-24-22(27-9-7-15(14-29)8-10-27)26-21(18)30-17-12-28(13-17)20-6-5-16-3-1-2-4-19(16)25-20;28-15-16-8-11-26(12-9-16)22-23-10-7-21(25-22)29-18-13-27(14-18)20-6-5-17-3-1-2-4-19(17)24-20/h1-6,11,15,17,29H,7-10,12-14H2;1-7,10,16,18,28H,8-9,11-15H2. The molecule has 4 saturated heterocycles. The number of benzene rings is 2. The van der Waals surface area contributed by atoms with Gasteiger partial charge in [-0.15, -0.1) is 0 Å². The third-order valence-electron chi connectivity index (χ3n) is 11.7. The number of aromatic nitrogens is 6. The Balaban J connectivity index is 0.000000152.